The first-order valence-corrected chi connectivity index (χ1v) is 12.3. The lowest BCUT2D eigenvalue weighted by molar-refractivity contribution is -0.136. The van der Waals surface area contributed by atoms with E-state index in [9.17, 15) is 18.3 Å². The van der Waals surface area contributed by atoms with Gasteiger partial charge in [-0.3, -0.25) is 0 Å². The highest BCUT2D eigenvalue weighted by molar-refractivity contribution is 5.72. The Morgan fingerprint density at radius 1 is 1.08 bits per heavy atom. The van der Waals surface area contributed by atoms with Crippen LogP contribution in [0.4, 0.5) is 17.6 Å². The maximum Gasteiger partial charge on any atom is 0.420 e. The van der Waals surface area contributed by atoms with Crippen LogP contribution in [0.25, 0.3) is 28.2 Å². The summed E-state index contributed by atoms with van der Waals surface area (Å²) in [5, 5.41) is 22.1. The van der Waals surface area contributed by atoms with Crippen LogP contribution in [-0.2, 0) is 6.18 Å². The Balaban J connectivity index is 1.40. The normalized spacial score (nSPS) is 20.7. The summed E-state index contributed by atoms with van der Waals surface area (Å²) in [4.78, 5) is 8.21. The molecule has 1 saturated heterocycles. The van der Waals surface area contributed by atoms with Crippen molar-refractivity contribution in [3.05, 3.63) is 54.1 Å². The van der Waals surface area contributed by atoms with Gasteiger partial charge in [0.2, 0.25) is 5.88 Å². The molecule has 1 fully saturated rings. The molecule has 1 aliphatic rings. The van der Waals surface area contributed by atoms with Gasteiger partial charge in [0, 0.05) is 53.3 Å². The second kappa shape index (κ2) is 9.15. The quantitative estimate of drug-likeness (QED) is 0.327. The summed E-state index contributed by atoms with van der Waals surface area (Å²) in [6.07, 6.45) is -1.88. The molecule has 4 aromatic rings. The maximum atomic E-state index is 15.1. The minimum Gasteiger partial charge on any atom is -0.506 e. The van der Waals surface area contributed by atoms with Crippen molar-refractivity contribution in [2.75, 3.05) is 0 Å². The lowest BCUT2D eigenvalue weighted by Gasteiger charge is -2.48. The van der Waals surface area contributed by atoms with Gasteiger partial charge in [-0.2, -0.15) is 13.2 Å². The van der Waals surface area contributed by atoms with Crippen LogP contribution in [0.15, 0.2) is 42.9 Å². The Morgan fingerprint density at radius 2 is 1.82 bits per heavy atom. The third-order valence-corrected chi connectivity index (χ3v) is 6.72. The van der Waals surface area contributed by atoms with Crippen LogP contribution in [0.3, 0.4) is 0 Å². The number of fused-ring (bicyclic) bond motifs is 1. The number of nitrogens with one attached hydrogen (secondary N) is 1. The van der Waals surface area contributed by atoms with E-state index in [2.05, 4.69) is 25.5 Å². The van der Waals surface area contributed by atoms with E-state index in [0.29, 0.717) is 12.1 Å². The van der Waals surface area contributed by atoms with Crippen molar-refractivity contribution >= 4 is 5.65 Å². The molecule has 2 atom stereocenters. The van der Waals surface area contributed by atoms with E-state index >= 15 is 4.39 Å². The molecule has 0 saturated carbocycles. The fraction of sp³-hybridized carbons (Fsp3) is 0.407. The maximum absolute atomic E-state index is 15.1. The van der Waals surface area contributed by atoms with Gasteiger partial charge in [0.25, 0.3) is 0 Å². The van der Waals surface area contributed by atoms with Gasteiger partial charge in [0.1, 0.15) is 28.9 Å². The Hall–Kier alpha value is -3.80. The summed E-state index contributed by atoms with van der Waals surface area (Å²) in [5.74, 6) is -0.170. The van der Waals surface area contributed by atoms with Crippen LogP contribution in [0.1, 0.15) is 45.4 Å². The van der Waals surface area contributed by atoms with E-state index in [4.69, 9.17) is 4.74 Å². The number of aromatic nitrogens is 5. The molecule has 2 N–H and O–H groups in total. The Bertz CT molecular complexity index is 1530. The molecule has 0 bridgehead atoms. The average molecular weight is 545 g/mol. The van der Waals surface area contributed by atoms with Crippen LogP contribution in [0, 0.1) is 6.92 Å². The van der Waals surface area contributed by atoms with Gasteiger partial charge in [-0.1, -0.05) is 0 Å². The highest BCUT2D eigenvalue weighted by Crippen LogP contribution is 2.37. The first-order valence-electron chi connectivity index (χ1n) is 12.3. The molecule has 0 amide bonds. The van der Waals surface area contributed by atoms with Gasteiger partial charge in [0.05, 0.1) is 11.3 Å². The third kappa shape index (κ3) is 5.25. The zero-order chi connectivity index (χ0) is 28.3. The lowest BCUT2D eigenvalue weighted by atomic mass is 9.79. The molecule has 206 valence electrons. The molecule has 39 heavy (non-hydrogen) atoms. The van der Waals surface area contributed by atoms with Gasteiger partial charge in [-0.25, -0.2) is 14.4 Å². The summed E-state index contributed by atoms with van der Waals surface area (Å²) < 4.78 is 63.3. The Kier molecular flexibility index (Phi) is 6.28. The molecule has 0 spiro atoms. The SMILES string of the molecule is Cc1cn2cc(-c3cnc(-c4ccc(O[C@@H]5CC(C)(C)NC(C)(C)[C@@H]5F)nn4)c(O)c3)cc(C(F)(F)F)c2n1. The second-order valence-electron chi connectivity index (χ2n) is 11.1. The van der Waals surface area contributed by atoms with Gasteiger partial charge in [-0.05, 0) is 52.8 Å². The zero-order valence-corrected chi connectivity index (χ0v) is 22.0. The number of hydrogen-bond acceptors (Lipinski definition) is 7. The van der Waals surface area contributed by atoms with Gasteiger partial charge < -0.3 is 19.6 Å². The summed E-state index contributed by atoms with van der Waals surface area (Å²) >= 11 is 0. The van der Waals surface area contributed by atoms with E-state index in [0.717, 1.165) is 6.07 Å². The number of nitrogens with zero attached hydrogens (tertiary/aromatic N) is 5. The number of piperidine rings is 1. The molecule has 4 aromatic heterocycles. The van der Waals surface area contributed by atoms with Crippen LogP contribution in [-0.4, -0.2) is 53.0 Å². The van der Waals surface area contributed by atoms with Crippen LogP contribution in [0.5, 0.6) is 11.6 Å². The highest BCUT2D eigenvalue weighted by atomic mass is 19.4. The molecule has 5 rings (SSSR count). The summed E-state index contributed by atoms with van der Waals surface area (Å²) in [7, 11) is 0. The minimum atomic E-state index is -4.62. The molecule has 12 heteroatoms. The number of ether oxygens (including phenoxy) is 1. The summed E-state index contributed by atoms with van der Waals surface area (Å²) in [5.41, 5.74) is -1.03. The van der Waals surface area contributed by atoms with E-state index in [1.807, 2.05) is 13.8 Å². The van der Waals surface area contributed by atoms with Crippen molar-refractivity contribution in [2.45, 2.75) is 70.6 Å². The number of aromatic hydroxyl groups is 1. The largest absolute Gasteiger partial charge is 0.506 e. The van der Waals surface area contributed by atoms with E-state index in [-0.39, 0.29) is 45.3 Å². The smallest absolute Gasteiger partial charge is 0.420 e. The summed E-state index contributed by atoms with van der Waals surface area (Å²) in [6.45, 7) is 9.11. The predicted molar refractivity (Wildman–Crippen MR) is 136 cm³/mol. The highest BCUT2D eigenvalue weighted by Gasteiger charge is 2.47. The molecular formula is C27H28F4N6O2. The first kappa shape index (κ1) is 26.8. The fourth-order valence-corrected chi connectivity index (χ4v) is 5.22. The third-order valence-electron chi connectivity index (χ3n) is 6.72. The molecule has 0 unspecified atom stereocenters. The second-order valence-corrected chi connectivity index (χ2v) is 11.1. The number of pyridine rings is 2. The lowest BCUT2D eigenvalue weighted by Crippen LogP contribution is -2.66. The molecule has 5 heterocycles. The number of alkyl halides is 4. The number of imidazole rings is 1. The molecule has 1 aliphatic heterocycles. The number of aryl methyl sites for hydroxylation is 1. The first-order chi connectivity index (χ1) is 18.1. The number of halogens is 4. The average Bonchev–Trinajstić information content (AvgIpc) is 3.20. The van der Waals surface area contributed by atoms with Crippen molar-refractivity contribution in [1.82, 2.24) is 29.9 Å². The monoisotopic (exact) mass is 544 g/mol. The summed E-state index contributed by atoms with van der Waals surface area (Å²) in [6, 6.07) is 5.32. The van der Waals surface area contributed by atoms with E-state index in [1.165, 1.54) is 41.2 Å². The Labute approximate surface area is 222 Å². The number of hydrogen-bond donors (Lipinski definition) is 2. The van der Waals surface area contributed by atoms with Gasteiger partial charge in [-0.15, -0.1) is 10.2 Å². The van der Waals surface area contributed by atoms with Crippen molar-refractivity contribution in [2.24, 2.45) is 0 Å². The fourth-order valence-electron chi connectivity index (χ4n) is 5.22. The predicted octanol–water partition coefficient (Wildman–Crippen LogP) is 5.52. The van der Waals surface area contributed by atoms with Gasteiger partial charge in [0.15, 0.2) is 6.17 Å². The topological polar surface area (TPSA) is 97.5 Å². The van der Waals surface area contributed by atoms with Crippen molar-refractivity contribution < 1.29 is 27.4 Å². The van der Waals surface area contributed by atoms with Crippen molar-refractivity contribution in [1.29, 1.82) is 0 Å². The zero-order valence-electron chi connectivity index (χ0n) is 22.0. The van der Waals surface area contributed by atoms with E-state index in [1.54, 1.807) is 20.8 Å². The Morgan fingerprint density at radius 3 is 2.46 bits per heavy atom. The minimum absolute atomic E-state index is 0.0842. The van der Waals surface area contributed by atoms with Crippen LogP contribution >= 0.6 is 0 Å². The molecule has 0 radical (unpaired) electrons. The van der Waals surface area contributed by atoms with E-state index < -0.39 is 29.6 Å². The molecule has 0 aliphatic carbocycles. The van der Waals surface area contributed by atoms with Crippen LogP contribution < -0.4 is 10.1 Å². The van der Waals surface area contributed by atoms with Crippen molar-refractivity contribution in [3.63, 3.8) is 0 Å². The molecular weight excluding hydrogens is 516 g/mol. The number of rotatable bonds is 4. The standard InChI is InChI=1S/C27H28F4N6O2/c1-14-12-37-13-16(8-17(24(37)33-14)27(29,30)31)15-9-19(38)22(32-11-15)18-6-7-21(35-34-18)39-20-10-25(2,3)36-26(4,5)23(20)28/h6-9,11-13,20,23,36,38H,10H2,1-5H3/t20-,23-/m1/s1. The van der Waals surface area contributed by atoms with Crippen molar-refractivity contribution in [3.8, 4) is 34.1 Å². The molecule has 8 nitrogen and oxygen atoms in total. The van der Waals surface area contributed by atoms with Crippen LogP contribution in [0.2, 0.25) is 0 Å². The van der Waals surface area contributed by atoms with Gasteiger partial charge >= 0.3 is 6.18 Å². The molecule has 0 aromatic carbocycles.